The fourth-order valence-electron chi connectivity index (χ4n) is 2.96. The zero-order valence-corrected chi connectivity index (χ0v) is 20.4. The summed E-state index contributed by atoms with van der Waals surface area (Å²) in [6.07, 6.45) is -0.258. The van der Waals surface area contributed by atoms with Gasteiger partial charge in [0.25, 0.3) is 0 Å². The minimum absolute atomic E-state index is 0. The van der Waals surface area contributed by atoms with E-state index in [1.807, 2.05) is 45.0 Å². The fourth-order valence-corrected chi connectivity index (χ4v) is 2.96. The molecule has 1 aliphatic heterocycles. The van der Waals surface area contributed by atoms with Crippen molar-refractivity contribution in [3.63, 3.8) is 0 Å². The Morgan fingerprint density at radius 2 is 1.70 bits per heavy atom. The van der Waals surface area contributed by atoms with Gasteiger partial charge in [0.2, 0.25) is 0 Å². The van der Waals surface area contributed by atoms with Crippen LogP contribution in [-0.4, -0.2) is 73.8 Å². The predicted molar refractivity (Wildman–Crippen MR) is 130 cm³/mol. The molecule has 0 unspecified atom stereocenters. The molecule has 0 spiro atoms. The molecular formula is C20H33IN6O3. The average Bonchev–Trinajstić information content (AvgIpc) is 2.69. The Morgan fingerprint density at radius 1 is 1.10 bits per heavy atom. The molecule has 0 bridgehead atoms. The molecule has 0 radical (unpaired) electrons. The normalized spacial score (nSPS) is 14.1. The molecule has 168 valence electrons. The van der Waals surface area contributed by atoms with E-state index in [4.69, 9.17) is 4.74 Å². The van der Waals surface area contributed by atoms with Crippen LogP contribution in [0.4, 0.5) is 15.3 Å². The molecule has 0 saturated carbocycles. The van der Waals surface area contributed by atoms with Crippen molar-refractivity contribution in [2.24, 2.45) is 4.99 Å². The number of benzene rings is 1. The third kappa shape index (κ3) is 8.25. The van der Waals surface area contributed by atoms with Gasteiger partial charge in [0.1, 0.15) is 0 Å². The van der Waals surface area contributed by atoms with E-state index in [-0.39, 0.29) is 42.1 Å². The van der Waals surface area contributed by atoms with Gasteiger partial charge in [-0.15, -0.1) is 24.0 Å². The minimum Gasteiger partial charge on any atom is -0.450 e. The van der Waals surface area contributed by atoms with Crippen molar-refractivity contribution in [1.82, 2.24) is 20.4 Å². The number of guanidine groups is 1. The van der Waals surface area contributed by atoms with Crippen LogP contribution in [0.3, 0.4) is 0 Å². The van der Waals surface area contributed by atoms with Gasteiger partial charge in [-0.25, -0.2) is 9.59 Å². The van der Waals surface area contributed by atoms with Crippen LogP contribution in [0.2, 0.25) is 0 Å². The van der Waals surface area contributed by atoms with Gasteiger partial charge < -0.3 is 30.5 Å². The average molecular weight is 532 g/mol. The summed E-state index contributed by atoms with van der Waals surface area (Å²) in [4.78, 5) is 31.8. The number of carbonyl (C=O) groups excluding carboxylic acids is 2. The lowest BCUT2D eigenvalue weighted by molar-refractivity contribution is 0.0914. The Balaban J connectivity index is 0.00000450. The number of amides is 3. The van der Waals surface area contributed by atoms with E-state index in [0.29, 0.717) is 39.3 Å². The van der Waals surface area contributed by atoms with Crippen molar-refractivity contribution in [1.29, 1.82) is 0 Å². The Labute approximate surface area is 195 Å². The summed E-state index contributed by atoms with van der Waals surface area (Å²) >= 11 is 0. The van der Waals surface area contributed by atoms with Crippen molar-refractivity contribution < 1.29 is 14.3 Å². The van der Waals surface area contributed by atoms with Gasteiger partial charge in [0.15, 0.2) is 5.96 Å². The summed E-state index contributed by atoms with van der Waals surface area (Å²) < 4.78 is 5.05. The van der Waals surface area contributed by atoms with Crippen molar-refractivity contribution in [3.05, 3.63) is 29.8 Å². The number of hydrogen-bond donors (Lipinski definition) is 3. The van der Waals surface area contributed by atoms with Gasteiger partial charge in [-0.2, -0.15) is 0 Å². The Bertz CT molecular complexity index is 703. The van der Waals surface area contributed by atoms with E-state index >= 15 is 0 Å². The summed E-state index contributed by atoms with van der Waals surface area (Å²) in [6, 6.07) is 7.54. The number of nitrogens with one attached hydrogen (secondary N) is 3. The van der Waals surface area contributed by atoms with Crippen molar-refractivity contribution in [3.8, 4) is 0 Å². The highest BCUT2D eigenvalue weighted by atomic mass is 127. The number of hydrogen-bond acceptors (Lipinski definition) is 4. The van der Waals surface area contributed by atoms with Crippen molar-refractivity contribution >= 4 is 47.7 Å². The van der Waals surface area contributed by atoms with E-state index < -0.39 is 0 Å². The first kappa shape index (κ1) is 25.8. The monoisotopic (exact) mass is 532 g/mol. The molecule has 0 aromatic heterocycles. The molecule has 1 aromatic rings. The molecular weight excluding hydrogens is 499 g/mol. The zero-order valence-electron chi connectivity index (χ0n) is 18.1. The lowest BCUT2D eigenvalue weighted by atomic mass is 10.2. The lowest BCUT2D eigenvalue weighted by Gasteiger charge is -2.35. The largest absolute Gasteiger partial charge is 0.450 e. The Hall–Kier alpha value is -2.24. The second kappa shape index (κ2) is 13.1. The van der Waals surface area contributed by atoms with Crippen LogP contribution in [-0.2, 0) is 11.3 Å². The molecule has 1 saturated heterocycles. The first-order valence-corrected chi connectivity index (χ1v) is 9.96. The molecule has 1 aliphatic rings. The van der Waals surface area contributed by atoms with E-state index in [0.717, 1.165) is 17.2 Å². The molecule has 0 aliphatic carbocycles. The predicted octanol–water partition coefficient (Wildman–Crippen LogP) is 2.68. The third-order valence-electron chi connectivity index (χ3n) is 4.40. The van der Waals surface area contributed by atoms with E-state index in [9.17, 15) is 9.59 Å². The Morgan fingerprint density at radius 3 is 2.23 bits per heavy atom. The molecule has 3 N–H and O–H groups in total. The summed E-state index contributed by atoms with van der Waals surface area (Å²) in [6.45, 7) is 9.26. The summed E-state index contributed by atoms with van der Waals surface area (Å²) in [5.74, 6) is 0.798. The van der Waals surface area contributed by atoms with Crippen LogP contribution < -0.4 is 16.0 Å². The zero-order chi connectivity index (χ0) is 21.2. The highest BCUT2D eigenvalue weighted by Crippen LogP contribution is 2.10. The van der Waals surface area contributed by atoms with Gasteiger partial charge in [-0.3, -0.25) is 4.99 Å². The SMILES string of the molecule is CCOC(=O)N1CCN(C(=NC)NCc2ccc(NC(=O)NC(C)C)cc2)CC1.I. The first-order chi connectivity index (χ1) is 13.9. The number of anilines is 1. The van der Waals surface area contributed by atoms with Crippen LogP contribution in [0, 0.1) is 0 Å². The number of nitrogens with zero attached hydrogens (tertiary/aromatic N) is 3. The molecule has 1 fully saturated rings. The number of ether oxygens (including phenoxy) is 1. The third-order valence-corrected chi connectivity index (χ3v) is 4.40. The van der Waals surface area contributed by atoms with E-state index in [1.54, 1.807) is 11.9 Å². The quantitative estimate of drug-likeness (QED) is 0.308. The van der Waals surface area contributed by atoms with Crippen LogP contribution in [0.15, 0.2) is 29.3 Å². The van der Waals surface area contributed by atoms with Crippen LogP contribution in [0.1, 0.15) is 26.3 Å². The molecule has 0 atom stereocenters. The standard InChI is InChI=1S/C20H32N6O3.HI/c1-5-29-20(28)26-12-10-25(11-13-26)18(21-4)22-14-16-6-8-17(9-7-16)24-19(27)23-15(2)3;/h6-9,15H,5,10-14H2,1-4H3,(H,21,22)(H2,23,24,27);1H. The Kier molecular flexibility index (Phi) is 11.3. The summed E-state index contributed by atoms with van der Waals surface area (Å²) in [7, 11) is 1.75. The number of piperazine rings is 1. The van der Waals surface area contributed by atoms with Crippen molar-refractivity contribution in [2.75, 3.05) is 45.2 Å². The number of halogens is 1. The van der Waals surface area contributed by atoms with Crippen LogP contribution in [0.5, 0.6) is 0 Å². The molecule has 1 heterocycles. The smallest absolute Gasteiger partial charge is 0.409 e. The maximum atomic E-state index is 11.8. The van der Waals surface area contributed by atoms with Gasteiger partial charge >= 0.3 is 12.1 Å². The molecule has 1 aromatic carbocycles. The number of rotatable bonds is 5. The second-order valence-corrected chi connectivity index (χ2v) is 7.02. The fraction of sp³-hybridized carbons (Fsp3) is 0.550. The van der Waals surface area contributed by atoms with E-state index in [2.05, 4.69) is 25.8 Å². The maximum absolute atomic E-state index is 11.8. The van der Waals surface area contributed by atoms with Gasteiger partial charge in [-0.05, 0) is 38.5 Å². The van der Waals surface area contributed by atoms with E-state index in [1.165, 1.54) is 0 Å². The lowest BCUT2D eigenvalue weighted by Crippen LogP contribution is -2.53. The molecule has 3 amide bonds. The summed E-state index contributed by atoms with van der Waals surface area (Å²) in [5.41, 5.74) is 1.82. The first-order valence-electron chi connectivity index (χ1n) is 9.96. The van der Waals surface area contributed by atoms with Gasteiger partial charge in [0, 0.05) is 51.5 Å². The van der Waals surface area contributed by atoms with Crippen LogP contribution >= 0.6 is 24.0 Å². The minimum atomic E-state index is -0.258. The molecule has 10 heteroatoms. The highest BCUT2D eigenvalue weighted by Gasteiger charge is 2.23. The molecule has 30 heavy (non-hydrogen) atoms. The molecule has 9 nitrogen and oxygen atoms in total. The number of aliphatic imine (C=N–C) groups is 1. The van der Waals surface area contributed by atoms with Crippen LogP contribution in [0.25, 0.3) is 0 Å². The van der Waals surface area contributed by atoms with Gasteiger partial charge in [-0.1, -0.05) is 12.1 Å². The number of urea groups is 1. The molecule has 2 rings (SSSR count). The van der Waals surface area contributed by atoms with Gasteiger partial charge in [0.05, 0.1) is 6.61 Å². The maximum Gasteiger partial charge on any atom is 0.409 e. The second-order valence-electron chi connectivity index (χ2n) is 7.02. The highest BCUT2D eigenvalue weighted by molar-refractivity contribution is 14.0. The topological polar surface area (TPSA) is 98.3 Å². The van der Waals surface area contributed by atoms with Crippen molar-refractivity contribution in [2.45, 2.75) is 33.4 Å². The summed E-state index contributed by atoms with van der Waals surface area (Å²) in [5, 5.41) is 8.95. The number of carbonyl (C=O) groups is 2.